The van der Waals surface area contributed by atoms with Crippen LogP contribution in [-0.4, -0.2) is 74.9 Å². The molecule has 4 nitrogen and oxygen atoms in total. The first-order chi connectivity index (χ1) is 10.2. The summed E-state index contributed by atoms with van der Waals surface area (Å²) in [6, 6.07) is 0.557. The summed E-state index contributed by atoms with van der Waals surface area (Å²) in [5.41, 5.74) is 0. The van der Waals surface area contributed by atoms with E-state index >= 15 is 0 Å². The molecule has 0 aliphatic carbocycles. The van der Waals surface area contributed by atoms with Crippen LogP contribution < -0.4 is 5.32 Å². The Kier molecular flexibility index (Phi) is 10.3. The molecule has 1 aliphatic rings. The van der Waals surface area contributed by atoms with E-state index in [4.69, 9.17) is 4.74 Å². The van der Waals surface area contributed by atoms with Crippen LogP contribution in [-0.2, 0) is 4.74 Å². The van der Waals surface area contributed by atoms with Gasteiger partial charge in [0.2, 0.25) is 0 Å². The van der Waals surface area contributed by atoms with Crippen molar-refractivity contribution in [3.63, 3.8) is 0 Å². The molecule has 1 heterocycles. The standard InChI is InChI=1S/C17H37N3O/c1-5-10-18-17-15-21-14-16(17)13-20(8-4)12-9-11-19(6-2)7-3/h16-18H,5-15H2,1-4H3. The lowest BCUT2D eigenvalue weighted by Crippen LogP contribution is -2.42. The van der Waals surface area contributed by atoms with E-state index in [9.17, 15) is 0 Å². The Labute approximate surface area is 132 Å². The Morgan fingerprint density at radius 1 is 0.952 bits per heavy atom. The quantitative estimate of drug-likeness (QED) is 0.597. The summed E-state index contributed by atoms with van der Waals surface area (Å²) in [5.74, 6) is 0.657. The van der Waals surface area contributed by atoms with Crippen LogP contribution in [0.1, 0.15) is 40.5 Å². The third-order valence-electron chi connectivity index (χ3n) is 4.64. The van der Waals surface area contributed by atoms with Gasteiger partial charge in [0.15, 0.2) is 0 Å². The summed E-state index contributed by atoms with van der Waals surface area (Å²) in [5, 5.41) is 3.64. The zero-order valence-electron chi connectivity index (χ0n) is 14.7. The molecule has 1 rings (SSSR count). The summed E-state index contributed by atoms with van der Waals surface area (Å²) >= 11 is 0. The fourth-order valence-corrected chi connectivity index (χ4v) is 3.10. The van der Waals surface area contributed by atoms with Crippen LogP contribution in [0, 0.1) is 5.92 Å². The molecule has 4 heteroatoms. The topological polar surface area (TPSA) is 27.7 Å². The highest BCUT2D eigenvalue weighted by atomic mass is 16.5. The van der Waals surface area contributed by atoms with Gasteiger partial charge in [0.05, 0.1) is 13.2 Å². The Bertz CT molecular complexity index is 246. The lowest BCUT2D eigenvalue weighted by atomic mass is 10.0. The Hall–Kier alpha value is -0.160. The summed E-state index contributed by atoms with van der Waals surface area (Å²) in [7, 11) is 0. The van der Waals surface area contributed by atoms with Gasteiger partial charge >= 0.3 is 0 Å². The minimum atomic E-state index is 0.557. The molecule has 1 N–H and O–H groups in total. The fraction of sp³-hybridized carbons (Fsp3) is 1.00. The predicted octanol–water partition coefficient (Wildman–Crippen LogP) is 2.05. The number of nitrogens with zero attached hydrogens (tertiary/aromatic N) is 2. The Morgan fingerprint density at radius 2 is 1.62 bits per heavy atom. The SMILES string of the molecule is CCCNC1COCC1CN(CC)CCCN(CC)CC. The summed E-state index contributed by atoms with van der Waals surface area (Å²) in [6.07, 6.45) is 2.47. The normalized spacial score (nSPS) is 22.6. The third kappa shape index (κ3) is 7.09. The molecule has 2 atom stereocenters. The van der Waals surface area contributed by atoms with E-state index in [1.54, 1.807) is 0 Å². The van der Waals surface area contributed by atoms with Gasteiger partial charge in [-0.15, -0.1) is 0 Å². The number of nitrogens with one attached hydrogen (secondary N) is 1. The number of ether oxygens (including phenoxy) is 1. The molecule has 0 aromatic carbocycles. The van der Waals surface area contributed by atoms with E-state index in [1.165, 1.54) is 45.6 Å². The second kappa shape index (κ2) is 11.4. The van der Waals surface area contributed by atoms with Crippen molar-refractivity contribution in [1.82, 2.24) is 15.1 Å². The van der Waals surface area contributed by atoms with Crippen molar-refractivity contribution in [3.8, 4) is 0 Å². The summed E-state index contributed by atoms with van der Waals surface area (Å²) < 4.78 is 5.69. The molecule has 126 valence electrons. The molecule has 0 bridgehead atoms. The van der Waals surface area contributed by atoms with Gasteiger partial charge in [-0.1, -0.05) is 27.7 Å². The zero-order chi connectivity index (χ0) is 15.5. The van der Waals surface area contributed by atoms with Gasteiger partial charge in [-0.3, -0.25) is 0 Å². The molecule has 0 spiro atoms. The van der Waals surface area contributed by atoms with Crippen LogP contribution in [0.4, 0.5) is 0 Å². The first kappa shape index (κ1) is 18.9. The molecule has 0 amide bonds. The lowest BCUT2D eigenvalue weighted by molar-refractivity contribution is 0.166. The van der Waals surface area contributed by atoms with Crippen molar-refractivity contribution >= 4 is 0 Å². The first-order valence-corrected chi connectivity index (χ1v) is 9.00. The lowest BCUT2D eigenvalue weighted by Gasteiger charge is -2.28. The van der Waals surface area contributed by atoms with Gasteiger partial charge in [0.25, 0.3) is 0 Å². The van der Waals surface area contributed by atoms with Crippen molar-refractivity contribution in [1.29, 1.82) is 0 Å². The molecular formula is C17H37N3O. The van der Waals surface area contributed by atoms with E-state index < -0.39 is 0 Å². The van der Waals surface area contributed by atoms with Crippen molar-refractivity contribution in [2.45, 2.75) is 46.6 Å². The van der Waals surface area contributed by atoms with Gasteiger partial charge < -0.3 is 19.9 Å². The highest BCUT2D eigenvalue weighted by Crippen LogP contribution is 2.15. The fourth-order valence-electron chi connectivity index (χ4n) is 3.10. The highest BCUT2D eigenvalue weighted by Gasteiger charge is 2.28. The van der Waals surface area contributed by atoms with E-state index in [0.29, 0.717) is 12.0 Å². The maximum atomic E-state index is 5.69. The van der Waals surface area contributed by atoms with Crippen molar-refractivity contribution in [2.24, 2.45) is 5.92 Å². The van der Waals surface area contributed by atoms with Crippen molar-refractivity contribution in [3.05, 3.63) is 0 Å². The van der Waals surface area contributed by atoms with E-state index in [0.717, 1.165) is 26.3 Å². The summed E-state index contributed by atoms with van der Waals surface area (Å²) in [6.45, 7) is 19.0. The molecule has 0 radical (unpaired) electrons. The van der Waals surface area contributed by atoms with Gasteiger partial charge in [0, 0.05) is 18.5 Å². The highest BCUT2D eigenvalue weighted by molar-refractivity contribution is 4.83. The van der Waals surface area contributed by atoms with Crippen LogP contribution in [0.25, 0.3) is 0 Å². The molecule has 2 unspecified atom stereocenters. The molecule has 0 aromatic rings. The van der Waals surface area contributed by atoms with E-state index in [-0.39, 0.29) is 0 Å². The Morgan fingerprint density at radius 3 is 2.24 bits per heavy atom. The van der Waals surface area contributed by atoms with Gasteiger partial charge in [-0.2, -0.15) is 0 Å². The molecule has 0 saturated carbocycles. The third-order valence-corrected chi connectivity index (χ3v) is 4.64. The molecular weight excluding hydrogens is 262 g/mol. The van der Waals surface area contributed by atoms with E-state index in [2.05, 4.69) is 42.8 Å². The average molecular weight is 300 g/mol. The monoisotopic (exact) mass is 299 g/mol. The van der Waals surface area contributed by atoms with Crippen LogP contribution in [0.3, 0.4) is 0 Å². The minimum Gasteiger partial charge on any atom is -0.379 e. The predicted molar refractivity (Wildman–Crippen MR) is 90.9 cm³/mol. The maximum absolute atomic E-state index is 5.69. The second-order valence-electron chi connectivity index (χ2n) is 6.13. The van der Waals surface area contributed by atoms with Crippen molar-refractivity contribution in [2.75, 3.05) is 59.0 Å². The minimum absolute atomic E-state index is 0.557. The first-order valence-electron chi connectivity index (χ1n) is 9.00. The van der Waals surface area contributed by atoms with Gasteiger partial charge in [-0.05, 0) is 52.1 Å². The van der Waals surface area contributed by atoms with E-state index in [1.807, 2.05) is 0 Å². The second-order valence-corrected chi connectivity index (χ2v) is 6.13. The number of hydrogen-bond donors (Lipinski definition) is 1. The summed E-state index contributed by atoms with van der Waals surface area (Å²) in [4.78, 5) is 5.11. The van der Waals surface area contributed by atoms with Crippen LogP contribution in [0.5, 0.6) is 0 Å². The molecule has 1 aliphatic heterocycles. The van der Waals surface area contributed by atoms with Crippen LogP contribution in [0.2, 0.25) is 0 Å². The largest absolute Gasteiger partial charge is 0.379 e. The molecule has 0 aromatic heterocycles. The number of hydrogen-bond acceptors (Lipinski definition) is 4. The van der Waals surface area contributed by atoms with Gasteiger partial charge in [-0.25, -0.2) is 0 Å². The zero-order valence-corrected chi connectivity index (χ0v) is 14.7. The molecule has 1 fully saturated rings. The smallest absolute Gasteiger partial charge is 0.0623 e. The van der Waals surface area contributed by atoms with Crippen LogP contribution >= 0.6 is 0 Å². The average Bonchev–Trinajstić information content (AvgIpc) is 2.95. The van der Waals surface area contributed by atoms with Crippen molar-refractivity contribution < 1.29 is 4.74 Å². The van der Waals surface area contributed by atoms with Crippen LogP contribution in [0.15, 0.2) is 0 Å². The van der Waals surface area contributed by atoms with Gasteiger partial charge in [0.1, 0.15) is 0 Å². The number of rotatable bonds is 12. The Balaban J connectivity index is 2.28. The maximum Gasteiger partial charge on any atom is 0.0623 e. The molecule has 21 heavy (non-hydrogen) atoms. The molecule has 1 saturated heterocycles.